The number of rotatable bonds is 5. The number of aromatic hydroxyl groups is 1. The highest BCUT2D eigenvalue weighted by atomic mass is 32.2. The normalized spacial score (nSPS) is 24.1. The van der Waals surface area contributed by atoms with E-state index in [1.54, 1.807) is 20.7 Å². The van der Waals surface area contributed by atoms with Gasteiger partial charge in [-0.3, -0.25) is 0 Å². The van der Waals surface area contributed by atoms with E-state index in [0.29, 0.717) is 32.8 Å². The van der Waals surface area contributed by atoms with Crippen molar-refractivity contribution in [3.8, 4) is 5.75 Å². The Bertz CT molecular complexity index is 626. The molecule has 0 spiro atoms. The van der Waals surface area contributed by atoms with E-state index in [1.807, 2.05) is 12.1 Å². The summed E-state index contributed by atoms with van der Waals surface area (Å²) in [5.41, 5.74) is 1.13. The van der Waals surface area contributed by atoms with E-state index >= 15 is 0 Å². The molecule has 3 rings (SSSR count). The fourth-order valence-electron chi connectivity index (χ4n) is 3.49. The van der Waals surface area contributed by atoms with Gasteiger partial charge in [0.1, 0.15) is 5.75 Å². The molecule has 2 aliphatic rings. The molecule has 0 saturated carbocycles. The largest absolute Gasteiger partial charge is 0.508 e. The Kier molecular flexibility index (Phi) is 5.76. The number of phenolic OH excluding ortho intramolecular Hbond substituents is 1. The summed E-state index contributed by atoms with van der Waals surface area (Å²) in [6.45, 7) is 2.46. The fourth-order valence-corrected chi connectivity index (χ4v) is 5.34. The fraction of sp³-hybridized carbons (Fsp3) is 0.647. The second-order valence-electron chi connectivity index (χ2n) is 6.48. The Balaban J connectivity index is 1.67. The van der Waals surface area contributed by atoms with Crippen LogP contribution in [0.25, 0.3) is 0 Å². The summed E-state index contributed by atoms with van der Waals surface area (Å²) in [5.74, 6) is 0.257. The molecule has 2 saturated heterocycles. The Morgan fingerprint density at radius 1 is 1.08 bits per heavy atom. The number of hydrogen-bond acceptors (Lipinski definition) is 4. The summed E-state index contributed by atoms with van der Waals surface area (Å²) in [4.78, 5) is 0. The molecule has 24 heavy (non-hydrogen) atoms. The van der Waals surface area contributed by atoms with Crippen LogP contribution < -0.4 is 0 Å². The first-order valence-corrected chi connectivity index (χ1v) is 10.1. The van der Waals surface area contributed by atoms with E-state index in [-0.39, 0.29) is 11.8 Å². The van der Waals surface area contributed by atoms with Gasteiger partial charge in [0, 0.05) is 25.7 Å². The van der Waals surface area contributed by atoms with Crippen molar-refractivity contribution >= 4 is 10.2 Å². The Morgan fingerprint density at radius 3 is 2.50 bits per heavy atom. The lowest BCUT2D eigenvalue weighted by molar-refractivity contribution is 0.0680. The topological polar surface area (TPSA) is 70.1 Å². The van der Waals surface area contributed by atoms with Gasteiger partial charge in [0.05, 0.1) is 13.2 Å². The van der Waals surface area contributed by atoms with E-state index < -0.39 is 10.2 Å². The van der Waals surface area contributed by atoms with Crippen molar-refractivity contribution in [2.75, 3.05) is 32.8 Å². The van der Waals surface area contributed by atoms with Crippen LogP contribution in [0.1, 0.15) is 31.2 Å². The zero-order valence-electron chi connectivity index (χ0n) is 13.9. The van der Waals surface area contributed by atoms with Crippen molar-refractivity contribution in [3.05, 3.63) is 29.8 Å². The lowest BCUT2D eigenvalue weighted by Crippen LogP contribution is -2.53. The Labute approximate surface area is 144 Å². The molecule has 0 bridgehead atoms. The zero-order chi connectivity index (χ0) is 17.0. The third-order valence-electron chi connectivity index (χ3n) is 4.87. The molecule has 1 N–H and O–H groups in total. The standard InChI is InChI=1S/C17H26N2O4S/c20-17-8-5-15(6-9-17)4-7-16-3-1-2-10-19(16)24(21,22)18-11-13-23-14-12-18/h5-6,8-9,16,20H,1-4,7,10-14H2/t16-/m0/s1. The third-order valence-corrected chi connectivity index (χ3v) is 6.96. The van der Waals surface area contributed by atoms with E-state index in [4.69, 9.17) is 4.74 Å². The van der Waals surface area contributed by atoms with Crippen LogP contribution >= 0.6 is 0 Å². The van der Waals surface area contributed by atoms with E-state index in [1.165, 1.54) is 0 Å². The summed E-state index contributed by atoms with van der Waals surface area (Å²) in [5, 5.41) is 9.36. The number of piperidine rings is 1. The highest BCUT2D eigenvalue weighted by molar-refractivity contribution is 7.86. The molecular formula is C17H26N2O4S. The van der Waals surface area contributed by atoms with Crippen LogP contribution in [0.4, 0.5) is 0 Å². The minimum absolute atomic E-state index is 0.0559. The highest BCUT2D eigenvalue weighted by Gasteiger charge is 2.36. The van der Waals surface area contributed by atoms with Crippen LogP contribution in [0, 0.1) is 0 Å². The first-order chi connectivity index (χ1) is 11.6. The molecule has 7 heteroatoms. The van der Waals surface area contributed by atoms with Crippen LogP contribution in [-0.2, 0) is 21.4 Å². The highest BCUT2D eigenvalue weighted by Crippen LogP contribution is 2.26. The van der Waals surface area contributed by atoms with Gasteiger partial charge in [-0.05, 0) is 43.4 Å². The zero-order valence-corrected chi connectivity index (χ0v) is 14.7. The van der Waals surface area contributed by atoms with E-state index in [9.17, 15) is 13.5 Å². The van der Waals surface area contributed by atoms with Gasteiger partial charge in [-0.25, -0.2) is 0 Å². The van der Waals surface area contributed by atoms with Crippen molar-refractivity contribution in [1.29, 1.82) is 0 Å². The van der Waals surface area contributed by atoms with Gasteiger partial charge in [-0.1, -0.05) is 18.6 Å². The molecule has 0 unspecified atom stereocenters. The van der Waals surface area contributed by atoms with E-state index in [2.05, 4.69) is 0 Å². The Morgan fingerprint density at radius 2 is 1.79 bits per heavy atom. The first-order valence-electron chi connectivity index (χ1n) is 8.70. The maximum Gasteiger partial charge on any atom is 0.282 e. The monoisotopic (exact) mass is 354 g/mol. The molecule has 0 aliphatic carbocycles. The van der Waals surface area contributed by atoms with Crippen molar-refractivity contribution < 1.29 is 18.3 Å². The summed E-state index contributed by atoms with van der Waals surface area (Å²) >= 11 is 0. The molecule has 2 heterocycles. The van der Waals surface area contributed by atoms with Crippen molar-refractivity contribution in [2.24, 2.45) is 0 Å². The lowest BCUT2D eigenvalue weighted by Gasteiger charge is -2.39. The molecule has 0 aromatic heterocycles. The molecule has 2 aliphatic heterocycles. The SMILES string of the molecule is O=S(=O)(N1CCOCC1)N1CCCC[C@H]1CCc1ccc(O)cc1. The summed E-state index contributed by atoms with van der Waals surface area (Å²) in [7, 11) is -3.40. The van der Waals surface area contributed by atoms with Gasteiger partial charge in [0.2, 0.25) is 0 Å². The summed E-state index contributed by atoms with van der Waals surface area (Å²) in [6.07, 6.45) is 4.56. The smallest absolute Gasteiger partial charge is 0.282 e. The molecule has 6 nitrogen and oxygen atoms in total. The van der Waals surface area contributed by atoms with Gasteiger partial charge >= 0.3 is 0 Å². The molecule has 0 amide bonds. The van der Waals surface area contributed by atoms with Crippen molar-refractivity contribution in [2.45, 2.75) is 38.1 Å². The van der Waals surface area contributed by atoms with Crippen molar-refractivity contribution in [3.63, 3.8) is 0 Å². The maximum atomic E-state index is 13.0. The minimum atomic E-state index is -3.40. The second-order valence-corrected chi connectivity index (χ2v) is 8.37. The predicted molar refractivity (Wildman–Crippen MR) is 92.1 cm³/mol. The molecule has 134 valence electrons. The molecule has 1 aromatic rings. The lowest BCUT2D eigenvalue weighted by atomic mass is 9.98. The average Bonchev–Trinajstić information content (AvgIpc) is 2.62. The van der Waals surface area contributed by atoms with E-state index in [0.717, 1.165) is 37.7 Å². The van der Waals surface area contributed by atoms with Crippen LogP contribution in [-0.4, -0.2) is 61.0 Å². The van der Waals surface area contributed by atoms with Gasteiger partial charge in [0.25, 0.3) is 10.2 Å². The summed E-state index contributed by atoms with van der Waals surface area (Å²) in [6, 6.07) is 7.22. The molecule has 1 atom stereocenters. The predicted octanol–water partition coefficient (Wildman–Crippen LogP) is 1.76. The number of ether oxygens (including phenoxy) is 1. The third kappa shape index (κ3) is 4.08. The minimum Gasteiger partial charge on any atom is -0.508 e. The number of aryl methyl sites for hydroxylation is 1. The van der Waals surface area contributed by atoms with Gasteiger partial charge in [0.15, 0.2) is 0 Å². The molecule has 0 radical (unpaired) electrons. The van der Waals surface area contributed by atoms with Gasteiger partial charge < -0.3 is 9.84 Å². The van der Waals surface area contributed by atoms with Crippen LogP contribution in [0.2, 0.25) is 0 Å². The maximum absolute atomic E-state index is 13.0. The second kappa shape index (κ2) is 7.82. The number of morpholine rings is 1. The Hall–Kier alpha value is -1.15. The number of nitrogens with zero attached hydrogens (tertiary/aromatic N) is 2. The van der Waals surface area contributed by atoms with Crippen LogP contribution in [0.3, 0.4) is 0 Å². The average molecular weight is 354 g/mol. The number of phenols is 1. The molecule has 2 fully saturated rings. The number of hydrogen-bond donors (Lipinski definition) is 1. The van der Waals surface area contributed by atoms with Crippen LogP contribution in [0.5, 0.6) is 5.75 Å². The van der Waals surface area contributed by atoms with Crippen molar-refractivity contribution in [1.82, 2.24) is 8.61 Å². The van der Waals surface area contributed by atoms with Crippen LogP contribution in [0.15, 0.2) is 24.3 Å². The summed E-state index contributed by atoms with van der Waals surface area (Å²) < 4.78 is 34.5. The van der Waals surface area contributed by atoms with Gasteiger partial charge in [-0.15, -0.1) is 0 Å². The van der Waals surface area contributed by atoms with Gasteiger partial charge in [-0.2, -0.15) is 17.0 Å². The number of benzene rings is 1. The quantitative estimate of drug-likeness (QED) is 0.875. The first kappa shape index (κ1) is 17.7. The molecule has 1 aromatic carbocycles. The molecular weight excluding hydrogens is 328 g/mol.